The van der Waals surface area contributed by atoms with Gasteiger partial charge in [-0.15, -0.1) is 6.58 Å². The number of benzene rings is 5. The summed E-state index contributed by atoms with van der Waals surface area (Å²) in [6.45, 7) is 10.0. The summed E-state index contributed by atoms with van der Waals surface area (Å²) < 4.78 is 38.9. The van der Waals surface area contributed by atoms with E-state index in [-0.39, 0.29) is 68.8 Å². The minimum Gasteiger partial charge on any atom is -0.459 e. The van der Waals surface area contributed by atoms with Crippen molar-refractivity contribution in [3.63, 3.8) is 0 Å². The Balaban J connectivity index is 1.24. The van der Waals surface area contributed by atoms with Gasteiger partial charge in [-0.25, -0.2) is 4.79 Å². The normalized spacial score (nSPS) is 22.4. The Morgan fingerprint density at radius 2 is 1.58 bits per heavy atom. The van der Waals surface area contributed by atoms with E-state index in [1.807, 2.05) is 75.4 Å². The summed E-state index contributed by atoms with van der Waals surface area (Å²) in [5.74, 6) is 0.406. The number of hydrogen-bond donors (Lipinski definition) is 2. The van der Waals surface area contributed by atoms with Crippen LogP contribution in [0.4, 0.5) is 10.5 Å². The number of nitro groups is 1. The van der Waals surface area contributed by atoms with Gasteiger partial charge in [0.15, 0.2) is 11.5 Å². The zero-order chi connectivity index (χ0) is 49.7. The molecule has 2 aliphatic carbocycles. The predicted molar refractivity (Wildman–Crippen MR) is 267 cm³/mol. The Hall–Kier alpha value is -6.94. The second-order valence-electron chi connectivity index (χ2n) is 19.5. The molecule has 0 spiro atoms. The number of oxime groups is 1. The highest BCUT2D eigenvalue weighted by atomic mass is 16.7. The maximum Gasteiger partial charge on any atom is 0.416 e. The van der Waals surface area contributed by atoms with Gasteiger partial charge in [0, 0.05) is 49.8 Å². The lowest BCUT2D eigenvalue weighted by Crippen LogP contribution is -2.70. The van der Waals surface area contributed by atoms with Gasteiger partial charge >= 0.3 is 6.09 Å². The largest absolute Gasteiger partial charge is 0.459 e. The number of nitro benzene ring substituents is 1. The lowest BCUT2D eigenvalue weighted by Gasteiger charge is -2.60. The molecule has 372 valence electrons. The molecule has 9 rings (SSSR count). The molecule has 0 aromatic heterocycles. The van der Waals surface area contributed by atoms with Crippen LogP contribution < -0.4 is 23.7 Å². The van der Waals surface area contributed by atoms with Crippen LogP contribution >= 0.6 is 0 Å². The van der Waals surface area contributed by atoms with Crippen molar-refractivity contribution in [1.29, 1.82) is 0 Å². The molecule has 1 fully saturated rings. The van der Waals surface area contributed by atoms with Crippen LogP contribution in [-0.2, 0) is 16.1 Å². The minimum atomic E-state index is -1.62. The SMILES string of the molecule is C=CCO[C@@]12Oc3ccc(Oc4ccc5ccccc5c4)cc3[C@H]3[C@H](CCCCO)[C@@H](CCCCO)C=C(C(=NOC(C)(C)C)C[C@@H]1N(Cc1ccc4c(c1)OCO4)C(=O)Oc1ccc([N+](=O)[O-])cc1)[C@H]32. The van der Waals surface area contributed by atoms with Crippen LogP contribution in [-0.4, -0.2) is 75.9 Å². The molecule has 71 heavy (non-hydrogen) atoms. The Kier molecular flexibility index (Phi) is 14.6. The first-order chi connectivity index (χ1) is 34.4. The van der Waals surface area contributed by atoms with Crippen LogP contribution in [0.15, 0.2) is 133 Å². The Labute approximate surface area is 413 Å². The number of carbonyl (C=O) groups is 1. The zero-order valence-electron chi connectivity index (χ0n) is 40.4. The molecule has 2 N–H and O–H groups in total. The molecule has 6 atom stereocenters. The maximum absolute atomic E-state index is 15.2. The van der Waals surface area contributed by atoms with Gasteiger partial charge < -0.3 is 43.5 Å². The summed E-state index contributed by atoms with van der Waals surface area (Å²) in [7, 11) is 0. The third-order valence-electron chi connectivity index (χ3n) is 13.7. The molecular weight excluding hydrogens is 907 g/mol. The number of fused-ring (bicyclic) bond motifs is 4. The van der Waals surface area contributed by atoms with E-state index in [0.717, 1.165) is 47.6 Å². The van der Waals surface area contributed by atoms with Crippen LogP contribution in [0.3, 0.4) is 0 Å². The fourth-order valence-electron chi connectivity index (χ4n) is 10.6. The molecular formula is C56H61N3O12. The van der Waals surface area contributed by atoms with Crippen molar-refractivity contribution in [3.8, 4) is 34.5 Å². The molecule has 4 aliphatic rings. The summed E-state index contributed by atoms with van der Waals surface area (Å²) in [5, 5.41) is 38.8. The fourth-order valence-corrected chi connectivity index (χ4v) is 10.6. The molecule has 5 aromatic carbocycles. The molecule has 2 heterocycles. The first kappa shape index (κ1) is 49.1. The number of unbranched alkanes of at least 4 members (excludes halogenated alkanes) is 2. The first-order valence-corrected chi connectivity index (χ1v) is 24.4. The number of amides is 1. The summed E-state index contributed by atoms with van der Waals surface area (Å²) in [4.78, 5) is 34.2. The number of ether oxygens (including phenoxy) is 6. The van der Waals surface area contributed by atoms with E-state index in [4.69, 9.17) is 38.4 Å². The van der Waals surface area contributed by atoms with Crippen molar-refractivity contribution in [2.75, 3.05) is 26.6 Å². The Morgan fingerprint density at radius 3 is 2.32 bits per heavy atom. The number of aliphatic hydroxyl groups is 2. The number of hydrogen-bond acceptors (Lipinski definition) is 13. The quantitative estimate of drug-likeness (QED) is 0.0346. The monoisotopic (exact) mass is 967 g/mol. The molecule has 0 radical (unpaired) electrons. The van der Waals surface area contributed by atoms with Crippen molar-refractivity contribution >= 4 is 28.3 Å². The highest BCUT2D eigenvalue weighted by Gasteiger charge is 2.66. The fraction of sp³-hybridized carbons (Fsp3) is 0.393. The molecule has 0 saturated heterocycles. The lowest BCUT2D eigenvalue weighted by atomic mass is 9.55. The smallest absolute Gasteiger partial charge is 0.416 e. The third kappa shape index (κ3) is 10.6. The zero-order valence-corrected chi connectivity index (χ0v) is 40.4. The molecule has 0 unspecified atom stereocenters. The summed E-state index contributed by atoms with van der Waals surface area (Å²) in [6, 6.07) is 29.8. The topological polar surface area (TPSA) is 181 Å². The Morgan fingerprint density at radius 1 is 0.873 bits per heavy atom. The summed E-state index contributed by atoms with van der Waals surface area (Å²) >= 11 is 0. The maximum atomic E-state index is 15.2. The van der Waals surface area contributed by atoms with Crippen LogP contribution in [0.1, 0.15) is 82.8 Å². The highest BCUT2D eigenvalue weighted by Crippen LogP contribution is 2.62. The standard InChI is InChI=1S/C56H61N3O12/c1-5-28-67-56-51(58(34-36-16-24-49-50(29-36)66-35-65-49)54(62)69-41-21-18-40(19-22-41)59(63)64)33-47(57-71-55(2,3)4)45-31-39(14-8-10-26-60)44(15-9-11-27-61)52(53(45)56)46-32-43(23-25-48(46)70-56)68-42-20-17-37-12-6-7-13-38(37)30-42/h5-7,12-13,16-25,29-32,39,44,51-53,60-61H,1,8-11,14-15,26-28,33-35H2,2-4H3/t39-,44+,51-,52+,53+,56+/m0/s1. The second kappa shape index (κ2) is 21.2. The molecule has 1 amide bonds. The summed E-state index contributed by atoms with van der Waals surface area (Å²) in [6.07, 6.45) is 7.54. The number of aliphatic hydroxyl groups excluding tert-OH is 2. The average molecular weight is 968 g/mol. The van der Waals surface area contributed by atoms with Gasteiger partial charge in [0.2, 0.25) is 12.6 Å². The third-order valence-corrected chi connectivity index (χ3v) is 13.7. The summed E-state index contributed by atoms with van der Waals surface area (Å²) in [5.41, 5.74) is 2.21. The molecule has 15 nitrogen and oxygen atoms in total. The Bertz CT molecular complexity index is 2800. The van der Waals surface area contributed by atoms with Crippen LogP contribution in [0.25, 0.3) is 10.8 Å². The number of allylic oxidation sites excluding steroid dienone is 1. The van der Waals surface area contributed by atoms with E-state index < -0.39 is 34.4 Å². The molecule has 0 bridgehead atoms. The molecule has 1 saturated carbocycles. The van der Waals surface area contributed by atoms with E-state index in [0.29, 0.717) is 52.9 Å². The molecule has 15 heteroatoms. The van der Waals surface area contributed by atoms with Crippen molar-refractivity contribution in [3.05, 3.63) is 149 Å². The first-order valence-electron chi connectivity index (χ1n) is 24.4. The van der Waals surface area contributed by atoms with Gasteiger partial charge in [-0.3, -0.25) is 15.0 Å². The van der Waals surface area contributed by atoms with Crippen molar-refractivity contribution in [1.82, 2.24) is 4.90 Å². The minimum absolute atomic E-state index is 0.00201. The van der Waals surface area contributed by atoms with Crippen molar-refractivity contribution in [2.45, 2.75) is 95.6 Å². The number of non-ortho nitro benzene ring substituents is 1. The highest BCUT2D eigenvalue weighted by molar-refractivity contribution is 6.03. The van der Waals surface area contributed by atoms with Gasteiger partial charge in [0.1, 0.15) is 34.6 Å². The number of carbonyl (C=O) groups excluding carboxylic acids is 1. The van der Waals surface area contributed by atoms with Crippen LogP contribution in [0, 0.1) is 27.9 Å². The van der Waals surface area contributed by atoms with Gasteiger partial charge in [-0.2, -0.15) is 0 Å². The molecule has 2 aliphatic heterocycles. The predicted octanol–water partition coefficient (Wildman–Crippen LogP) is 11.4. The van der Waals surface area contributed by atoms with Crippen LogP contribution in [0.2, 0.25) is 0 Å². The van der Waals surface area contributed by atoms with E-state index >= 15 is 4.79 Å². The van der Waals surface area contributed by atoms with Crippen molar-refractivity contribution < 1.29 is 53.2 Å². The number of rotatable bonds is 19. The van der Waals surface area contributed by atoms with Crippen LogP contribution in [0.5, 0.6) is 34.5 Å². The molecule has 5 aromatic rings. The van der Waals surface area contributed by atoms with E-state index in [1.54, 1.807) is 17.0 Å². The number of nitrogens with zero attached hydrogens (tertiary/aromatic N) is 3. The van der Waals surface area contributed by atoms with E-state index in [1.165, 1.54) is 24.3 Å². The van der Waals surface area contributed by atoms with Gasteiger partial charge in [0.25, 0.3) is 5.69 Å². The van der Waals surface area contributed by atoms with E-state index in [2.05, 4.69) is 30.9 Å². The van der Waals surface area contributed by atoms with Gasteiger partial charge in [-0.05, 0) is 135 Å². The second-order valence-corrected chi connectivity index (χ2v) is 19.5. The van der Waals surface area contributed by atoms with Crippen molar-refractivity contribution in [2.24, 2.45) is 22.9 Å². The van der Waals surface area contributed by atoms with E-state index in [9.17, 15) is 20.3 Å². The lowest BCUT2D eigenvalue weighted by molar-refractivity contribution is -0.384. The van der Waals surface area contributed by atoms with Gasteiger partial charge in [0.05, 0.1) is 23.2 Å². The van der Waals surface area contributed by atoms with Gasteiger partial charge in [-0.1, -0.05) is 66.5 Å². The average Bonchev–Trinajstić information content (AvgIpc) is 3.84.